The molecular weight excluding hydrogens is 224 g/mol. The Bertz CT molecular complexity index is 431. The smallest absolute Gasteiger partial charge is 0.328 e. The Morgan fingerprint density at radius 3 is 2.39 bits per heavy atom. The Labute approximate surface area is 109 Å². The molecule has 2 heteroatoms. The van der Waals surface area contributed by atoms with E-state index in [4.69, 9.17) is 5.11 Å². The summed E-state index contributed by atoms with van der Waals surface area (Å²) < 4.78 is 0. The molecule has 0 amide bonds. The van der Waals surface area contributed by atoms with Crippen molar-refractivity contribution in [2.24, 2.45) is 0 Å². The van der Waals surface area contributed by atoms with Crippen molar-refractivity contribution in [1.82, 2.24) is 0 Å². The number of carbonyl (C=O) groups is 1. The lowest BCUT2D eigenvalue weighted by molar-refractivity contribution is -0.131. The predicted molar refractivity (Wildman–Crippen MR) is 74.7 cm³/mol. The molecule has 0 fully saturated rings. The van der Waals surface area contributed by atoms with E-state index in [1.807, 2.05) is 12.2 Å². The van der Waals surface area contributed by atoms with Gasteiger partial charge in [-0.3, -0.25) is 0 Å². The normalized spacial score (nSPS) is 10.3. The van der Waals surface area contributed by atoms with Crippen LogP contribution in [0.4, 0.5) is 0 Å². The average molecular weight is 242 g/mol. The SMILES string of the molecule is CCCC#CC#CCC/C=C/C=C/C=C/C(=O)O. The maximum Gasteiger partial charge on any atom is 0.328 e. The molecule has 0 aliphatic carbocycles. The Morgan fingerprint density at radius 2 is 1.72 bits per heavy atom. The Kier molecular flexibility index (Phi) is 11.3. The van der Waals surface area contributed by atoms with Gasteiger partial charge in [-0.25, -0.2) is 4.79 Å². The molecule has 0 aromatic rings. The number of carboxylic acid groups (broad SMARTS) is 1. The summed E-state index contributed by atoms with van der Waals surface area (Å²) in [5.41, 5.74) is 0. The minimum atomic E-state index is -0.942. The molecule has 0 bridgehead atoms. The van der Waals surface area contributed by atoms with Crippen molar-refractivity contribution >= 4 is 5.97 Å². The van der Waals surface area contributed by atoms with E-state index in [-0.39, 0.29) is 0 Å². The lowest BCUT2D eigenvalue weighted by Gasteiger charge is -1.80. The quantitative estimate of drug-likeness (QED) is 0.336. The van der Waals surface area contributed by atoms with Crippen molar-refractivity contribution in [2.75, 3.05) is 0 Å². The van der Waals surface area contributed by atoms with E-state index in [2.05, 4.69) is 30.6 Å². The average Bonchev–Trinajstić information content (AvgIpc) is 2.34. The fourth-order valence-electron chi connectivity index (χ4n) is 0.935. The van der Waals surface area contributed by atoms with Gasteiger partial charge in [0.2, 0.25) is 0 Å². The van der Waals surface area contributed by atoms with Crippen molar-refractivity contribution in [3.8, 4) is 23.7 Å². The van der Waals surface area contributed by atoms with Gasteiger partial charge in [-0.1, -0.05) is 49.1 Å². The summed E-state index contributed by atoms with van der Waals surface area (Å²) in [5.74, 6) is 10.6. The van der Waals surface area contributed by atoms with Crippen LogP contribution in [0.3, 0.4) is 0 Å². The molecule has 0 radical (unpaired) electrons. The number of allylic oxidation sites excluding steroid dienone is 5. The van der Waals surface area contributed by atoms with Crippen LogP contribution in [0.15, 0.2) is 36.5 Å². The van der Waals surface area contributed by atoms with Gasteiger partial charge < -0.3 is 5.11 Å². The van der Waals surface area contributed by atoms with Crippen LogP contribution in [0, 0.1) is 23.7 Å². The highest BCUT2D eigenvalue weighted by molar-refractivity contribution is 5.80. The van der Waals surface area contributed by atoms with Crippen LogP contribution in [0.1, 0.15) is 32.6 Å². The van der Waals surface area contributed by atoms with Gasteiger partial charge in [0.05, 0.1) is 0 Å². The van der Waals surface area contributed by atoms with Gasteiger partial charge in [-0.05, 0) is 24.7 Å². The standard InChI is InChI=1S/C16H18O2/c1-2-3-4-5-6-7-8-9-10-11-12-13-14-15-16(17)18/h10-15H,2-3,8-9H2,1H3,(H,17,18)/b11-10+,13-12+,15-14+. The van der Waals surface area contributed by atoms with Gasteiger partial charge in [0.25, 0.3) is 0 Å². The highest BCUT2D eigenvalue weighted by atomic mass is 16.4. The maximum atomic E-state index is 10.1. The molecule has 0 aliphatic heterocycles. The number of hydrogen-bond donors (Lipinski definition) is 1. The van der Waals surface area contributed by atoms with Crippen LogP contribution in [0.25, 0.3) is 0 Å². The molecule has 0 aromatic heterocycles. The lowest BCUT2D eigenvalue weighted by Crippen LogP contribution is -1.84. The second kappa shape index (κ2) is 12.9. The molecule has 0 unspecified atom stereocenters. The van der Waals surface area contributed by atoms with Gasteiger partial charge in [0, 0.05) is 18.9 Å². The summed E-state index contributed by atoms with van der Waals surface area (Å²) in [4.78, 5) is 10.1. The van der Waals surface area contributed by atoms with Crippen molar-refractivity contribution in [1.29, 1.82) is 0 Å². The minimum absolute atomic E-state index is 0.788. The van der Waals surface area contributed by atoms with E-state index in [1.165, 1.54) is 6.08 Å². The lowest BCUT2D eigenvalue weighted by atomic mass is 10.3. The summed E-state index contributed by atoms with van der Waals surface area (Å²) in [5, 5.41) is 8.33. The van der Waals surface area contributed by atoms with E-state index >= 15 is 0 Å². The zero-order valence-corrected chi connectivity index (χ0v) is 10.6. The van der Waals surface area contributed by atoms with E-state index in [0.29, 0.717) is 0 Å². The highest BCUT2D eigenvalue weighted by Crippen LogP contribution is 1.90. The van der Waals surface area contributed by atoms with Crippen LogP contribution < -0.4 is 0 Å². The zero-order chi connectivity index (χ0) is 13.5. The first kappa shape index (κ1) is 15.8. The molecule has 1 N–H and O–H groups in total. The molecule has 0 spiro atoms. The highest BCUT2D eigenvalue weighted by Gasteiger charge is 1.79. The molecule has 0 heterocycles. The number of rotatable bonds is 6. The van der Waals surface area contributed by atoms with Crippen LogP contribution in [-0.2, 0) is 4.79 Å². The third-order valence-corrected chi connectivity index (χ3v) is 1.76. The number of carboxylic acids is 1. The molecule has 0 saturated heterocycles. The fourth-order valence-corrected chi connectivity index (χ4v) is 0.935. The number of hydrogen-bond acceptors (Lipinski definition) is 1. The van der Waals surface area contributed by atoms with Crippen molar-refractivity contribution < 1.29 is 9.90 Å². The van der Waals surface area contributed by atoms with E-state index in [0.717, 1.165) is 31.8 Å². The van der Waals surface area contributed by atoms with Crippen LogP contribution in [0.2, 0.25) is 0 Å². The molecule has 18 heavy (non-hydrogen) atoms. The molecule has 0 aliphatic rings. The first-order valence-corrected chi connectivity index (χ1v) is 5.96. The maximum absolute atomic E-state index is 10.1. The minimum Gasteiger partial charge on any atom is -0.478 e. The first-order valence-electron chi connectivity index (χ1n) is 5.96. The summed E-state index contributed by atoms with van der Waals surface area (Å²) in [6.45, 7) is 2.09. The molecule has 94 valence electrons. The molecule has 2 nitrogen and oxygen atoms in total. The van der Waals surface area contributed by atoms with Crippen molar-refractivity contribution in [2.45, 2.75) is 32.6 Å². The summed E-state index contributed by atoms with van der Waals surface area (Å²) in [6, 6.07) is 0. The molecule has 0 atom stereocenters. The number of unbranched alkanes of at least 4 members (excludes halogenated alkanes) is 2. The Morgan fingerprint density at radius 1 is 1.06 bits per heavy atom. The van der Waals surface area contributed by atoms with E-state index in [9.17, 15) is 4.79 Å². The topological polar surface area (TPSA) is 37.3 Å². The van der Waals surface area contributed by atoms with Crippen molar-refractivity contribution in [3.05, 3.63) is 36.5 Å². The summed E-state index contributed by atoms with van der Waals surface area (Å²) in [7, 11) is 0. The van der Waals surface area contributed by atoms with Gasteiger partial charge >= 0.3 is 5.97 Å². The molecule has 0 aromatic carbocycles. The summed E-state index contributed by atoms with van der Waals surface area (Å²) in [6.07, 6.45) is 13.5. The third kappa shape index (κ3) is 13.8. The van der Waals surface area contributed by atoms with Crippen LogP contribution >= 0.6 is 0 Å². The summed E-state index contributed by atoms with van der Waals surface area (Å²) >= 11 is 0. The van der Waals surface area contributed by atoms with E-state index in [1.54, 1.807) is 12.2 Å². The van der Waals surface area contributed by atoms with E-state index < -0.39 is 5.97 Å². The van der Waals surface area contributed by atoms with Crippen LogP contribution in [0.5, 0.6) is 0 Å². The third-order valence-electron chi connectivity index (χ3n) is 1.76. The van der Waals surface area contributed by atoms with Crippen LogP contribution in [-0.4, -0.2) is 11.1 Å². The molecule has 0 rings (SSSR count). The zero-order valence-electron chi connectivity index (χ0n) is 10.6. The predicted octanol–water partition coefficient (Wildman–Crippen LogP) is 3.33. The second-order valence-electron chi connectivity index (χ2n) is 3.40. The Hall–Kier alpha value is -2.19. The van der Waals surface area contributed by atoms with Gasteiger partial charge in [-0.15, -0.1) is 0 Å². The van der Waals surface area contributed by atoms with Gasteiger partial charge in [0.1, 0.15) is 0 Å². The Balaban J connectivity index is 3.67. The second-order valence-corrected chi connectivity index (χ2v) is 3.40. The largest absolute Gasteiger partial charge is 0.478 e. The molecular formula is C16H18O2. The van der Waals surface area contributed by atoms with Gasteiger partial charge in [0.15, 0.2) is 0 Å². The molecule has 0 saturated carbocycles. The number of aliphatic carboxylic acids is 1. The monoisotopic (exact) mass is 242 g/mol. The van der Waals surface area contributed by atoms with Gasteiger partial charge in [-0.2, -0.15) is 0 Å². The fraction of sp³-hybridized carbons (Fsp3) is 0.312. The first-order chi connectivity index (χ1) is 8.77. The van der Waals surface area contributed by atoms with Crippen molar-refractivity contribution in [3.63, 3.8) is 0 Å².